The number of aromatic nitrogens is 1. The molecule has 0 aliphatic carbocycles. The number of hydrogen-bond acceptors (Lipinski definition) is 3. The fourth-order valence-corrected chi connectivity index (χ4v) is 2.62. The van der Waals surface area contributed by atoms with Gasteiger partial charge >= 0.3 is 0 Å². The predicted octanol–water partition coefficient (Wildman–Crippen LogP) is 2.61. The third-order valence-corrected chi connectivity index (χ3v) is 3.87. The molecule has 0 atom stereocenters. The summed E-state index contributed by atoms with van der Waals surface area (Å²) < 4.78 is 4.96. The van der Waals surface area contributed by atoms with Gasteiger partial charge < -0.3 is 14.6 Å². The number of H-pyrrole nitrogens is 1. The van der Waals surface area contributed by atoms with E-state index in [2.05, 4.69) is 4.98 Å². The summed E-state index contributed by atoms with van der Waals surface area (Å²) in [5.41, 5.74) is 1.87. The monoisotopic (exact) mass is 316 g/mol. The van der Waals surface area contributed by atoms with E-state index in [0.29, 0.717) is 5.56 Å². The van der Waals surface area contributed by atoms with E-state index >= 15 is 0 Å². The van der Waals surface area contributed by atoms with E-state index in [1.165, 1.54) is 7.11 Å². The first kappa shape index (κ1) is 17.2. The summed E-state index contributed by atoms with van der Waals surface area (Å²) in [4.78, 5) is 29.3. The number of fused-ring (bicyclic) bond motifs is 1. The first-order valence-electron chi connectivity index (χ1n) is 7.65. The van der Waals surface area contributed by atoms with Crippen molar-refractivity contribution in [1.29, 1.82) is 0 Å². The number of rotatable bonds is 4. The summed E-state index contributed by atoms with van der Waals surface area (Å²) in [6.07, 6.45) is 0. The van der Waals surface area contributed by atoms with Gasteiger partial charge in [-0.1, -0.05) is 18.2 Å². The first-order chi connectivity index (χ1) is 10.7. The topological polar surface area (TPSA) is 62.4 Å². The quantitative estimate of drug-likeness (QED) is 0.943. The number of pyridine rings is 1. The number of aryl methyl sites for hydroxylation is 1. The fraction of sp³-hybridized carbons (Fsp3) is 0.444. The zero-order valence-corrected chi connectivity index (χ0v) is 14.4. The van der Waals surface area contributed by atoms with Gasteiger partial charge in [0.15, 0.2) is 0 Å². The molecule has 23 heavy (non-hydrogen) atoms. The van der Waals surface area contributed by atoms with Gasteiger partial charge in [0.1, 0.15) is 6.61 Å². The van der Waals surface area contributed by atoms with E-state index in [0.717, 1.165) is 16.5 Å². The van der Waals surface area contributed by atoms with Crippen LogP contribution in [0.25, 0.3) is 10.9 Å². The molecule has 1 N–H and O–H groups in total. The lowest BCUT2D eigenvalue weighted by atomic mass is 10.0. The Morgan fingerprint density at radius 1 is 1.30 bits per heavy atom. The highest BCUT2D eigenvalue weighted by Crippen LogP contribution is 2.19. The van der Waals surface area contributed by atoms with Crippen LogP contribution in [0.15, 0.2) is 29.1 Å². The predicted molar refractivity (Wildman–Crippen MR) is 91.5 cm³/mol. The van der Waals surface area contributed by atoms with Gasteiger partial charge in [-0.05, 0) is 44.7 Å². The molecule has 0 saturated heterocycles. The van der Waals surface area contributed by atoms with Gasteiger partial charge in [0, 0.05) is 18.2 Å². The highest BCUT2D eigenvalue weighted by Gasteiger charge is 2.27. The molecule has 0 radical (unpaired) electrons. The first-order valence-corrected chi connectivity index (χ1v) is 7.65. The summed E-state index contributed by atoms with van der Waals surface area (Å²) in [5.74, 6) is -0.135. The molecule has 1 heterocycles. The molecule has 5 heteroatoms. The highest BCUT2D eigenvalue weighted by atomic mass is 16.5. The lowest BCUT2D eigenvalue weighted by molar-refractivity contribution is -0.140. The third kappa shape index (κ3) is 3.79. The largest absolute Gasteiger partial charge is 0.375 e. The van der Waals surface area contributed by atoms with Crippen molar-refractivity contribution in [2.75, 3.05) is 13.7 Å². The maximum Gasteiger partial charge on any atom is 0.253 e. The Hall–Kier alpha value is -2.14. The van der Waals surface area contributed by atoms with Crippen molar-refractivity contribution in [3.63, 3.8) is 0 Å². The van der Waals surface area contributed by atoms with E-state index in [4.69, 9.17) is 4.74 Å². The van der Waals surface area contributed by atoms with Crippen LogP contribution < -0.4 is 5.56 Å². The number of amides is 1. The van der Waals surface area contributed by atoms with Crippen LogP contribution in [-0.2, 0) is 16.1 Å². The van der Waals surface area contributed by atoms with Gasteiger partial charge in [-0.3, -0.25) is 9.59 Å². The molecule has 0 aliphatic heterocycles. The molecular formula is C18H24N2O3. The average Bonchev–Trinajstić information content (AvgIpc) is 2.45. The van der Waals surface area contributed by atoms with Crippen LogP contribution in [0.5, 0.6) is 0 Å². The lowest BCUT2D eigenvalue weighted by Crippen LogP contribution is -2.47. The van der Waals surface area contributed by atoms with Gasteiger partial charge in [-0.25, -0.2) is 0 Å². The average molecular weight is 316 g/mol. The highest BCUT2D eigenvalue weighted by molar-refractivity contribution is 5.82. The molecule has 1 aromatic carbocycles. The minimum Gasteiger partial charge on any atom is -0.375 e. The van der Waals surface area contributed by atoms with Crippen LogP contribution in [0, 0.1) is 6.92 Å². The number of carbonyl (C=O) groups is 1. The molecular weight excluding hydrogens is 292 g/mol. The van der Waals surface area contributed by atoms with E-state index in [-0.39, 0.29) is 24.6 Å². The van der Waals surface area contributed by atoms with Crippen molar-refractivity contribution in [1.82, 2.24) is 9.88 Å². The number of carbonyl (C=O) groups excluding carboxylic acids is 1. The van der Waals surface area contributed by atoms with E-state index in [9.17, 15) is 9.59 Å². The maximum atomic E-state index is 12.4. The normalized spacial score (nSPS) is 11.7. The van der Waals surface area contributed by atoms with Crippen molar-refractivity contribution >= 4 is 16.8 Å². The summed E-state index contributed by atoms with van der Waals surface area (Å²) in [6, 6.07) is 7.74. The Balaban J connectivity index is 2.44. The summed E-state index contributed by atoms with van der Waals surface area (Å²) >= 11 is 0. The third-order valence-electron chi connectivity index (χ3n) is 3.87. The van der Waals surface area contributed by atoms with Crippen LogP contribution in [-0.4, -0.2) is 35.0 Å². The van der Waals surface area contributed by atoms with Crippen LogP contribution in [0.3, 0.4) is 0 Å². The van der Waals surface area contributed by atoms with Crippen molar-refractivity contribution in [3.8, 4) is 0 Å². The number of methoxy groups -OCH3 is 1. The Morgan fingerprint density at radius 3 is 2.61 bits per heavy atom. The Bertz CT molecular complexity index is 772. The standard InChI is InChI=1S/C18H24N2O3/c1-12-7-6-8-13-9-14(17(22)19-16(12)13)10-20(18(2,3)4)15(21)11-23-5/h6-9H,10-11H2,1-5H3,(H,19,22). The number of aromatic amines is 1. The smallest absolute Gasteiger partial charge is 0.253 e. The van der Waals surface area contributed by atoms with Crippen LogP contribution >= 0.6 is 0 Å². The Labute approximate surface area is 136 Å². The number of benzene rings is 1. The molecule has 1 amide bonds. The molecule has 0 spiro atoms. The number of ether oxygens (including phenoxy) is 1. The molecule has 0 fully saturated rings. The van der Waals surface area contributed by atoms with Crippen molar-refractivity contribution in [2.24, 2.45) is 0 Å². The number of nitrogens with zero attached hydrogens (tertiary/aromatic N) is 1. The van der Waals surface area contributed by atoms with E-state index < -0.39 is 5.54 Å². The van der Waals surface area contributed by atoms with Crippen molar-refractivity contribution in [3.05, 3.63) is 45.7 Å². The van der Waals surface area contributed by atoms with Gasteiger partial charge in [-0.15, -0.1) is 0 Å². The minimum atomic E-state index is -0.399. The SMILES string of the molecule is COCC(=O)N(Cc1cc2cccc(C)c2[nH]c1=O)C(C)(C)C. The number of hydrogen-bond donors (Lipinski definition) is 1. The molecule has 1 aromatic heterocycles. The number of para-hydroxylation sites is 1. The van der Waals surface area contributed by atoms with Crippen LogP contribution in [0.4, 0.5) is 0 Å². The fourth-order valence-electron chi connectivity index (χ4n) is 2.62. The van der Waals surface area contributed by atoms with Crippen LogP contribution in [0.2, 0.25) is 0 Å². The van der Waals surface area contributed by atoms with Gasteiger partial charge in [-0.2, -0.15) is 0 Å². The molecule has 2 rings (SSSR count). The Morgan fingerprint density at radius 2 is 2.00 bits per heavy atom. The summed E-state index contributed by atoms with van der Waals surface area (Å²) in [7, 11) is 1.49. The van der Waals surface area contributed by atoms with E-state index in [1.54, 1.807) is 4.90 Å². The zero-order chi connectivity index (χ0) is 17.2. The van der Waals surface area contributed by atoms with Gasteiger partial charge in [0.25, 0.3) is 5.56 Å². The Kier molecular flexibility index (Phi) is 4.90. The van der Waals surface area contributed by atoms with Crippen molar-refractivity contribution in [2.45, 2.75) is 39.8 Å². The van der Waals surface area contributed by atoms with Gasteiger partial charge in [0.05, 0.1) is 12.1 Å². The second-order valence-corrected chi connectivity index (χ2v) is 6.75. The minimum absolute atomic E-state index is 0.00185. The van der Waals surface area contributed by atoms with Gasteiger partial charge in [0.2, 0.25) is 5.91 Å². The molecule has 0 aliphatic rings. The molecule has 124 valence electrons. The molecule has 2 aromatic rings. The molecule has 0 unspecified atom stereocenters. The second-order valence-electron chi connectivity index (χ2n) is 6.75. The number of nitrogens with one attached hydrogen (secondary N) is 1. The van der Waals surface area contributed by atoms with Crippen LogP contribution in [0.1, 0.15) is 31.9 Å². The van der Waals surface area contributed by atoms with Crippen molar-refractivity contribution < 1.29 is 9.53 Å². The molecule has 5 nitrogen and oxygen atoms in total. The van der Waals surface area contributed by atoms with E-state index in [1.807, 2.05) is 52.0 Å². The summed E-state index contributed by atoms with van der Waals surface area (Å²) in [5, 5.41) is 0.965. The second kappa shape index (κ2) is 6.54. The maximum absolute atomic E-state index is 12.4. The molecule has 0 saturated carbocycles. The zero-order valence-electron chi connectivity index (χ0n) is 14.4. The summed E-state index contributed by atoms with van der Waals surface area (Å²) in [6.45, 7) is 8.05. The molecule has 0 bridgehead atoms. The lowest BCUT2D eigenvalue weighted by Gasteiger charge is -2.35.